The van der Waals surface area contributed by atoms with Gasteiger partial charge in [0.2, 0.25) is 11.4 Å². The molecule has 3 rings (SSSR count). The fourth-order valence-electron chi connectivity index (χ4n) is 2.20. The predicted molar refractivity (Wildman–Crippen MR) is 107 cm³/mol. The molecule has 26 heavy (non-hydrogen) atoms. The maximum absolute atomic E-state index is 12.3. The molecular weight excluding hydrogens is 364 g/mol. The number of carbonyl (C=O) groups is 2. The largest absolute Gasteiger partial charge is 0.399 e. The average Bonchev–Trinajstić information content (AvgIpc) is 3.11. The molecule has 1 radical (unpaired) electrons. The molecule has 0 aliphatic heterocycles. The van der Waals surface area contributed by atoms with Crippen molar-refractivity contribution < 1.29 is 9.59 Å². The second kappa shape index (κ2) is 7.94. The number of nitrogens with two attached hydrogens (primary N) is 1. The molecule has 6 nitrogen and oxygen atoms in total. The maximum atomic E-state index is 12.3. The van der Waals surface area contributed by atoms with E-state index in [2.05, 4.69) is 15.3 Å². The summed E-state index contributed by atoms with van der Waals surface area (Å²) in [5, 5.41) is 5.18. The first-order valence-electron chi connectivity index (χ1n) is 7.85. The molecular formula is C18H17N4O2SSi. The zero-order valence-electron chi connectivity index (χ0n) is 14.0. The first kappa shape index (κ1) is 17.8. The van der Waals surface area contributed by atoms with Crippen molar-refractivity contribution in [1.29, 1.82) is 0 Å². The number of benzene rings is 2. The molecule has 0 fully saturated rings. The molecule has 8 heteroatoms. The quantitative estimate of drug-likeness (QED) is 0.465. The van der Waals surface area contributed by atoms with E-state index in [9.17, 15) is 9.59 Å². The molecule has 0 aliphatic carbocycles. The summed E-state index contributed by atoms with van der Waals surface area (Å²) in [5.41, 5.74) is 8.23. The normalized spacial score (nSPS) is 10.5. The molecule has 0 saturated carbocycles. The first-order chi connectivity index (χ1) is 12.5. The minimum absolute atomic E-state index is 0.229. The molecule has 0 saturated heterocycles. The summed E-state index contributed by atoms with van der Waals surface area (Å²) >= 11 is 1.35. The van der Waals surface area contributed by atoms with E-state index < -0.39 is 8.96 Å². The van der Waals surface area contributed by atoms with Crippen LogP contribution in [0.5, 0.6) is 0 Å². The number of carbonyl (C=O) groups excluding carboxylic acids is 2. The number of anilines is 2. The van der Waals surface area contributed by atoms with Gasteiger partial charge in [-0.25, -0.2) is 4.98 Å². The van der Waals surface area contributed by atoms with Gasteiger partial charge in [-0.15, -0.1) is 11.3 Å². The van der Waals surface area contributed by atoms with Crippen LogP contribution in [0.25, 0.3) is 11.3 Å². The van der Waals surface area contributed by atoms with E-state index in [1.54, 1.807) is 30.8 Å². The van der Waals surface area contributed by atoms with Crippen LogP contribution in [0.4, 0.5) is 15.6 Å². The minimum atomic E-state index is -1.79. The van der Waals surface area contributed by atoms with Crippen molar-refractivity contribution in [2.75, 3.05) is 11.1 Å². The van der Waals surface area contributed by atoms with Gasteiger partial charge in [0.15, 0.2) is 5.13 Å². The first-order valence-corrected chi connectivity index (χ1v) is 10.7. The Balaban J connectivity index is 1.60. The van der Waals surface area contributed by atoms with Crippen LogP contribution in [0.2, 0.25) is 6.55 Å². The summed E-state index contributed by atoms with van der Waals surface area (Å²) in [4.78, 5) is 31.7. The van der Waals surface area contributed by atoms with Crippen LogP contribution in [-0.2, 0) is 0 Å². The Morgan fingerprint density at radius 3 is 2.46 bits per heavy atom. The third-order valence-electron chi connectivity index (χ3n) is 3.61. The van der Waals surface area contributed by atoms with Gasteiger partial charge in [-0.1, -0.05) is 30.3 Å². The SMILES string of the molecule is C[Si](NC(=O)c1ccc(N)cc1)C(=O)Nc1nc(-c2ccccc2)cs1. The van der Waals surface area contributed by atoms with Crippen LogP contribution >= 0.6 is 11.3 Å². The van der Waals surface area contributed by atoms with Crippen molar-refractivity contribution in [2.45, 2.75) is 6.55 Å². The van der Waals surface area contributed by atoms with Crippen molar-refractivity contribution in [3.63, 3.8) is 0 Å². The number of nitrogens with one attached hydrogen (secondary N) is 2. The van der Waals surface area contributed by atoms with Gasteiger partial charge in [-0.2, -0.15) is 0 Å². The Labute approximate surface area is 156 Å². The summed E-state index contributed by atoms with van der Waals surface area (Å²) < 4.78 is 0. The predicted octanol–water partition coefficient (Wildman–Crippen LogP) is 3.56. The number of nitrogen functional groups attached to an aromatic ring is 1. The highest BCUT2D eigenvalue weighted by Crippen LogP contribution is 2.24. The van der Waals surface area contributed by atoms with Crippen LogP contribution in [-0.4, -0.2) is 25.4 Å². The van der Waals surface area contributed by atoms with Gasteiger partial charge >= 0.3 is 0 Å². The number of hydrogen-bond donors (Lipinski definition) is 3. The minimum Gasteiger partial charge on any atom is -0.399 e. The Morgan fingerprint density at radius 2 is 1.77 bits per heavy atom. The van der Waals surface area contributed by atoms with Crippen molar-refractivity contribution in [3.8, 4) is 11.3 Å². The van der Waals surface area contributed by atoms with Crippen LogP contribution in [0.15, 0.2) is 60.0 Å². The molecule has 3 aromatic rings. The Morgan fingerprint density at radius 1 is 1.08 bits per heavy atom. The fourth-order valence-corrected chi connectivity index (χ4v) is 3.91. The summed E-state index contributed by atoms with van der Waals surface area (Å²) in [7, 11) is -1.79. The van der Waals surface area contributed by atoms with E-state index in [1.807, 2.05) is 35.7 Å². The average molecular weight is 382 g/mol. The molecule has 4 N–H and O–H groups in total. The van der Waals surface area contributed by atoms with Crippen LogP contribution in [0, 0.1) is 0 Å². The van der Waals surface area contributed by atoms with Crippen LogP contribution in [0.3, 0.4) is 0 Å². The number of hydrogen-bond acceptors (Lipinski definition) is 5. The fraction of sp³-hybridized carbons (Fsp3) is 0.0556. The van der Waals surface area contributed by atoms with E-state index >= 15 is 0 Å². The molecule has 0 unspecified atom stereocenters. The standard InChI is InChI=1S/C18H17N4O2SSi/c1-26(22-16(23)13-7-9-14(19)10-8-13)18(24)21-17-20-15(11-25-17)12-5-3-2-4-6-12/h2-11H,19H2,1H3,(H,22,23)(H,20,21,24). The molecule has 0 bridgehead atoms. The lowest BCUT2D eigenvalue weighted by Gasteiger charge is -2.11. The van der Waals surface area contributed by atoms with Crippen LogP contribution < -0.4 is 16.0 Å². The molecule has 0 aliphatic rings. The second-order valence-corrected chi connectivity index (χ2v) is 8.37. The van der Waals surface area contributed by atoms with Crippen LogP contribution in [0.1, 0.15) is 10.4 Å². The van der Waals surface area contributed by atoms with Gasteiger partial charge < -0.3 is 16.0 Å². The zero-order valence-corrected chi connectivity index (χ0v) is 15.8. The lowest BCUT2D eigenvalue weighted by molar-refractivity contribution is 0.0979. The molecule has 2 amide bonds. The van der Waals surface area contributed by atoms with E-state index in [1.165, 1.54) is 11.3 Å². The van der Waals surface area contributed by atoms with Gasteiger partial charge in [-0.05, 0) is 30.8 Å². The van der Waals surface area contributed by atoms with E-state index in [0.29, 0.717) is 16.4 Å². The number of nitrogens with zero attached hydrogens (tertiary/aromatic N) is 1. The molecule has 1 heterocycles. The van der Waals surface area contributed by atoms with Crippen molar-refractivity contribution in [1.82, 2.24) is 9.97 Å². The van der Waals surface area contributed by atoms with E-state index in [-0.39, 0.29) is 11.4 Å². The second-order valence-electron chi connectivity index (χ2n) is 5.56. The number of amides is 2. The lowest BCUT2D eigenvalue weighted by Crippen LogP contribution is -2.45. The number of rotatable bonds is 5. The van der Waals surface area contributed by atoms with E-state index in [4.69, 9.17) is 5.73 Å². The van der Waals surface area contributed by atoms with Crippen molar-refractivity contribution in [2.24, 2.45) is 0 Å². The highest BCUT2D eigenvalue weighted by molar-refractivity contribution is 7.14. The highest BCUT2D eigenvalue weighted by atomic mass is 32.1. The van der Waals surface area contributed by atoms with Gasteiger partial charge in [-0.3, -0.25) is 9.59 Å². The zero-order chi connectivity index (χ0) is 18.5. The monoisotopic (exact) mass is 381 g/mol. The third kappa shape index (κ3) is 4.35. The number of thiazole rings is 1. The lowest BCUT2D eigenvalue weighted by atomic mass is 10.2. The molecule has 1 aromatic heterocycles. The summed E-state index contributed by atoms with van der Waals surface area (Å²) in [6.07, 6.45) is 0. The summed E-state index contributed by atoms with van der Waals surface area (Å²) in [6, 6.07) is 16.3. The smallest absolute Gasteiger partial charge is 0.278 e. The highest BCUT2D eigenvalue weighted by Gasteiger charge is 2.21. The summed E-state index contributed by atoms with van der Waals surface area (Å²) in [5.74, 6) is -0.291. The van der Waals surface area contributed by atoms with Crippen molar-refractivity contribution in [3.05, 3.63) is 65.5 Å². The summed E-state index contributed by atoms with van der Waals surface area (Å²) in [6.45, 7) is 1.72. The molecule has 2 aromatic carbocycles. The third-order valence-corrected chi connectivity index (χ3v) is 5.77. The van der Waals surface area contributed by atoms with E-state index in [0.717, 1.165) is 11.3 Å². The Bertz CT molecular complexity index is 912. The number of aromatic nitrogens is 1. The van der Waals surface area contributed by atoms with Gasteiger partial charge in [0, 0.05) is 22.2 Å². The molecule has 0 spiro atoms. The maximum Gasteiger partial charge on any atom is 0.278 e. The molecule has 0 atom stereocenters. The topological polar surface area (TPSA) is 97.1 Å². The molecule has 131 valence electrons. The van der Waals surface area contributed by atoms with Gasteiger partial charge in [0.25, 0.3) is 8.96 Å². The van der Waals surface area contributed by atoms with Gasteiger partial charge in [0.1, 0.15) is 0 Å². The van der Waals surface area contributed by atoms with Crippen molar-refractivity contribution >= 4 is 42.6 Å². The Kier molecular flexibility index (Phi) is 5.45. The van der Waals surface area contributed by atoms with Gasteiger partial charge in [0.05, 0.1) is 5.69 Å². The Hall–Kier alpha value is -2.97.